The number of thiophene rings is 1. The van der Waals surface area contributed by atoms with Gasteiger partial charge in [-0.15, -0.1) is 0 Å². The molecule has 100 valence electrons. The third kappa shape index (κ3) is 2.93. The molecule has 4 heteroatoms. The van der Waals surface area contributed by atoms with E-state index in [1.165, 1.54) is 5.56 Å². The molecule has 0 spiro atoms. The highest BCUT2D eigenvalue weighted by Crippen LogP contribution is 2.31. The van der Waals surface area contributed by atoms with Crippen molar-refractivity contribution >= 4 is 17.2 Å². The van der Waals surface area contributed by atoms with Gasteiger partial charge < -0.3 is 10.2 Å². The second-order valence-corrected chi connectivity index (χ2v) is 6.59. The van der Waals surface area contributed by atoms with Crippen molar-refractivity contribution in [2.24, 2.45) is 5.41 Å². The Morgan fingerprint density at radius 2 is 2.39 bits per heavy atom. The van der Waals surface area contributed by atoms with Gasteiger partial charge in [0.2, 0.25) is 5.91 Å². The minimum Gasteiger partial charge on any atom is -0.340 e. The lowest BCUT2D eigenvalue weighted by Gasteiger charge is -2.40. The smallest absolute Gasteiger partial charge is 0.240 e. The van der Waals surface area contributed by atoms with Crippen LogP contribution in [0.25, 0.3) is 0 Å². The summed E-state index contributed by atoms with van der Waals surface area (Å²) in [5.74, 6) is 0.214. The van der Waals surface area contributed by atoms with Crippen LogP contribution in [0.5, 0.6) is 0 Å². The second kappa shape index (κ2) is 5.41. The fraction of sp³-hybridized carbons (Fsp3) is 0.643. The molecular formula is C14H22N2OS. The van der Waals surface area contributed by atoms with Crippen molar-refractivity contribution in [3.05, 3.63) is 22.4 Å². The summed E-state index contributed by atoms with van der Waals surface area (Å²) in [5.41, 5.74) is 1.27. The van der Waals surface area contributed by atoms with Crippen molar-refractivity contribution < 1.29 is 4.79 Å². The van der Waals surface area contributed by atoms with E-state index in [2.05, 4.69) is 36.0 Å². The van der Waals surface area contributed by atoms with Crippen LogP contribution in [0.2, 0.25) is 0 Å². The molecule has 0 saturated carbocycles. The van der Waals surface area contributed by atoms with Gasteiger partial charge in [-0.2, -0.15) is 11.3 Å². The van der Waals surface area contributed by atoms with Crippen LogP contribution in [0, 0.1) is 5.41 Å². The number of carbonyl (C=O) groups excluding carboxylic acids is 1. The lowest BCUT2D eigenvalue weighted by Crippen LogP contribution is -2.55. The predicted molar refractivity (Wildman–Crippen MR) is 75.6 cm³/mol. The third-order valence-electron chi connectivity index (χ3n) is 3.75. The topological polar surface area (TPSA) is 32.3 Å². The lowest BCUT2D eigenvalue weighted by atomic mass is 9.77. The van der Waals surface area contributed by atoms with E-state index in [1.54, 1.807) is 11.3 Å². The molecule has 1 amide bonds. The van der Waals surface area contributed by atoms with Crippen molar-refractivity contribution in [2.45, 2.75) is 39.3 Å². The molecule has 1 saturated heterocycles. The number of nitrogens with one attached hydrogen (secondary N) is 1. The van der Waals surface area contributed by atoms with Gasteiger partial charge in [-0.1, -0.05) is 13.8 Å². The molecule has 1 aromatic heterocycles. The first-order valence-electron chi connectivity index (χ1n) is 6.50. The number of hydrogen-bond acceptors (Lipinski definition) is 3. The number of amides is 1. The van der Waals surface area contributed by atoms with E-state index in [4.69, 9.17) is 0 Å². The predicted octanol–water partition coefficient (Wildman–Crippen LogP) is 2.48. The molecule has 2 rings (SSSR count). The van der Waals surface area contributed by atoms with Gasteiger partial charge in [0.1, 0.15) is 0 Å². The zero-order chi connectivity index (χ0) is 13.2. The van der Waals surface area contributed by atoms with E-state index in [0.717, 1.165) is 19.4 Å². The minimum atomic E-state index is -0.0464. The van der Waals surface area contributed by atoms with Gasteiger partial charge in [0.15, 0.2) is 0 Å². The molecule has 1 aromatic rings. The van der Waals surface area contributed by atoms with E-state index >= 15 is 0 Å². The van der Waals surface area contributed by atoms with Crippen LogP contribution >= 0.6 is 11.3 Å². The summed E-state index contributed by atoms with van der Waals surface area (Å²) >= 11 is 1.68. The molecule has 1 unspecified atom stereocenters. The molecule has 2 heterocycles. The molecule has 1 N–H and O–H groups in total. The molecular weight excluding hydrogens is 244 g/mol. The third-order valence-corrected chi connectivity index (χ3v) is 4.48. The Morgan fingerprint density at radius 3 is 3.00 bits per heavy atom. The van der Waals surface area contributed by atoms with Gasteiger partial charge in [0.25, 0.3) is 0 Å². The summed E-state index contributed by atoms with van der Waals surface area (Å²) < 4.78 is 0. The van der Waals surface area contributed by atoms with Gasteiger partial charge in [0, 0.05) is 13.6 Å². The monoisotopic (exact) mass is 266 g/mol. The summed E-state index contributed by atoms with van der Waals surface area (Å²) in [6.45, 7) is 6.02. The van der Waals surface area contributed by atoms with Crippen LogP contribution in [-0.4, -0.2) is 30.4 Å². The normalized spacial score (nSPS) is 22.7. The van der Waals surface area contributed by atoms with Crippen LogP contribution < -0.4 is 5.32 Å². The lowest BCUT2D eigenvalue weighted by molar-refractivity contribution is -0.136. The molecule has 1 aliphatic rings. The Bertz CT molecular complexity index is 400. The Balaban J connectivity index is 2.01. The first-order valence-corrected chi connectivity index (χ1v) is 7.44. The molecule has 1 fully saturated rings. The van der Waals surface area contributed by atoms with Crippen molar-refractivity contribution in [1.82, 2.24) is 10.2 Å². The van der Waals surface area contributed by atoms with Gasteiger partial charge in [-0.25, -0.2) is 0 Å². The average molecular weight is 266 g/mol. The molecule has 0 bridgehead atoms. The largest absolute Gasteiger partial charge is 0.340 e. The maximum Gasteiger partial charge on any atom is 0.240 e. The maximum atomic E-state index is 12.5. The van der Waals surface area contributed by atoms with Crippen LogP contribution in [0.15, 0.2) is 16.8 Å². The quantitative estimate of drug-likeness (QED) is 0.911. The number of carbonyl (C=O) groups is 1. The Labute approximate surface area is 113 Å². The zero-order valence-electron chi connectivity index (χ0n) is 11.4. The first-order chi connectivity index (χ1) is 8.50. The number of nitrogens with zero attached hydrogens (tertiary/aromatic N) is 1. The second-order valence-electron chi connectivity index (χ2n) is 5.81. The summed E-state index contributed by atoms with van der Waals surface area (Å²) in [6, 6.07) is 2.03. The number of rotatable bonds is 3. The molecule has 1 atom stereocenters. The van der Waals surface area contributed by atoms with Crippen molar-refractivity contribution in [3.63, 3.8) is 0 Å². The molecule has 1 aliphatic heterocycles. The van der Waals surface area contributed by atoms with E-state index in [-0.39, 0.29) is 17.4 Å². The number of hydrogen-bond donors (Lipinski definition) is 1. The fourth-order valence-electron chi connectivity index (χ4n) is 2.59. The van der Waals surface area contributed by atoms with Crippen LogP contribution in [0.1, 0.15) is 32.3 Å². The summed E-state index contributed by atoms with van der Waals surface area (Å²) in [6.07, 6.45) is 2.27. The van der Waals surface area contributed by atoms with Gasteiger partial charge >= 0.3 is 0 Å². The van der Waals surface area contributed by atoms with E-state index in [9.17, 15) is 4.79 Å². The summed E-state index contributed by atoms with van der Waals surface area (Å²) in [4.78, 5) is 14.3. The molecule has 0 radical (unpaired) electrons. The highest BCUT2D eigenvalue weighted by atomic mass is 32.1. The highest BCUT2D eigenvalue weighted by Gasteiger charge is 2.38. The van der Waals surface area contributed by atoms with Crippen LogP contribution in [0.4, 0.5) is 0 Å². The number of piperidine rings is 1. The summed E-state index contributed by atoms with van der Waals surface area (Å²) in [7, 11) is 1.90. The Morgan fingerprint density at radius 1 is 1.61 bits per heavy atom. The van der Waals surface area contributed by atoms with Gasteiger partial charge in [0.05, 0.1) is 6.04 Å². The standard InChI is InChI=1S/C14H22N2OS/c1-14(2)6-4-7-15-12(14)13(17)16(3)9-11-5-8-18-10-11/h5,8,10,12,15H,4,6-7,9H2,1-3H3. The van der Waals surface area contributed by atoms with Crippen LogP contribution in [0.3, 0.4) is 0 Å². The van der Waals surface area contributed by atoms with Crippen molar-refractivity contribution in [2.75, 3.05) is 13.6 Å². The molecule has 0 aromatic carbocycles. The fourth-order valence-corrected chi connectivity index (χ4v) is 3.25. The van der Waals surface area contributed by atoms with E-state index in [0.29, 0.717) is 6.54 Å². The Hall–Kier alpha value is -0.870. The van der Waals surface area contributed by atoms with Gasteiger partial charge in [-0.05, 0) is 47.2 Å². The zero-order valence-corrected chi connectivity index (χ0v) is 12.2. The summed E-state index contributed by atoms with van der Waals surface area (Å²) in [5, 5.41) is 7.53. The maximum absolute atomic E-state index is 12.5. The van der Waals surface area contributed by atoms with Crippen LogP contribution in [-0.2, 0) is 11.3 Å². The average Bonchev–Trinajstić information content (AvgIpc) is 2.80. The minimum absolute atomic E-state index is 0.0464. The van der Waals surface area contributed by atoms with Gasteiger partial charge in [-0.3, -0.25) is 4.79 Å². The molecule has 18 heavy (non-hydrogen) atoms. The highest BCUT2D eigenvalue weighted by molar-refractivity contribution is 7.07. The van der Waals surface area contributed by atoms with E-state index in [1.807, 2.05) is 11.9 Å². The SMILES string of the molecule is CN(Cc1ccsc1)C(=O)C1NCCCC1(C)C. The Kier molecular flexibility index (Phi) is 4.07. The van der Waals surface area contributed by atoms with Crippen molar-refractivity contribution in [1.29, 1.82) is 0 Å². The van der Waals surface area contributed by atoms with Crippen molar-refractivity contribution in [3.8, 4) is 0 Å². The molecule has 3 nitrogen and oxygen atoms in total. The number of likely N-dealkylation sites (N-methyl/N-ethyl adjacent to an activating group) is 1. The molecule has 0 aliphatic carbocycles. The van der Waals surface area contributed by atoms with E-state index < -0.39 is 0 Å². The first kappa shape index (κ1) is 13.6.